The van der Waals surface area contributed by atoms with Gasteiger partial charge in [0.1, 0.15) is 0 Å². The molecular weight excluding hydrogens is 359 g/mol. The Balaban J connectivity index is 1.40. The van der Waals surface area contributed by atoms with Crippen LogP contribution in [-0.2, 0) is 14.8 Å². The van der Waals surface area contributed by atoms with E-state index in [4.69, 9.17) is 4.74 Å². The number of hydrogen-bond donors (Lipinski definition) is 1. The van der Waals surface area contributed by atoms with Crippen molar-refractivity contribution in [1.29, 1.82) is 0 Å². The van der Waals surface area contributed by atoms with Gasteiger partial charge in [-0.05, 0) is 12.1 Å². The maximum atomic E-state index is 13.0. The summed E-state index contributed by atoms with van der Waals surface area (Å²) in [6, 6.07) is 8.31. The lowest BCUT2D eigenvalue weighted by molar-refractivity contribution is 0.111. The third-order valence-electron chi connectivity index (χ3n) is 4.92. The summed E-state index contributed by atoms with van der Waals surface area (Å²) in [6.07, 6.45) is 2.29. The van der Waals surface area contributed by atoms with Gasteiger partial charge in [0.05, 0.1) is 30.0 Å². The highest BCUT2D eigenvalue weighted by molar-refractivity contribution is 7.89. The molecule has 7 nitrogen and oxygen atoms in total. The van der Waals surface area contributed by atoms with Crippen molar-refractivity contribution in [2.24, 2.45) is 11.8 Å². The molecule has 2 saturated heterocycles. The van der Waals surface area contributed by atoms with Gasteiger partial charge in [0.15, 0.2) is 5.82 Å². The molecule has 0 amide bonds. The SMILES string of the molecule is O=S(=O)(NC[C@@H]1CO[C@H]2CN(c3ncc(F)cn3)C[C@@H]12)c1ccccc1. The molecule has 1 aromatic heterocycles. The lowest BCUT2D eigenvalue weighted by Crippen LogP contribution is -2.34. The highest BCUT2D eigenvalue weighted by atomic mass is 32.2. The fraction of sp³-hybridized carbons (Fsp3) is 0.412. The molecular formula is C17H19FN4O3S. The van der Waals surface area contributed by atoms with E-state index in [1.54, 1.807) is 30.3 Å². The number of ether oxygens (including phenoxy) is 1. The Morgan fingerprint density at radius 1 is 1.19 bits per heavy atom. The van der Waals surface area contributed by atoms with E-state index in [-0.39, 0.29) is 22.8 Å². The second kappa shape index (κ2) is 6.90. The van der Waals surface area contributed by atoms with Gasteiger partial charge in [-0.3, -0.25) is 0 Å². The first-order chi connectivity index (χ1) is 12.5. The summed E-state index contributed by atoms with van der Waals surface area (Å²) in [6.45, 7) is 2.12. The number of nitrogens with zero attached hydrogens (tertiary/aromatic N) is 3. The second-order valence-corrected chi connectivity index (χ2v) is 8.33. The quantitative estimate of drug-likeness (QED) is 0.837. The van der Waals surface area contributed by atoms with E-state index in [9.17, 15) is 12.8 Å². The molecule has 1 aromatic carbocycles. The third kappa shape index (κ3) is 3.42. The Kier molecular flexibility index (Phi) is 4.60. The molecule has 0 saturated carbocycles. The molecule has 0 radical (unpaired) electrons. The average molecular weight is 378 g/mol. The zero-order valence-corrected chi connectivity index (χ0v) is 14.8. The van der Waals surface area contributed by atoms with Crippen molar-refractivity contribution < 1.29 is 17.5 Å². The van der Waals surface area contributed by atoms with Gasteiger partial charge < -0.3 is 9.64 Å². The van der Waals surface area contributed by atoms with Gasteiger partial charge in [-0.1, -0.05) is 18.2 Å². The van der Waals surface area contributed by atoms with Crippen LogP contribution in [0.4, 0.5) is 10.3 Å². The Morgan fingerprint density at radius 2 is 1.92 bits per heavy atom. The van der Waals surface area contributed by atoms with Crippen molar-refractivity contribution in [3.05, 3.63) is 48.5 Å². The maximum Gasteiger partial charge on any atom is 0.240 e. The molecule has 0 bridgehead atoms. The Labute approximate surface area is 151 Å². The molecule has 0 spiro atoms. The van der Waals surface area contributed by atoms with E-state index in [1.165, 1.54) is 0 Å². The number of anilines is 1. The molecule has 138 valence electrons. The smallest absolute Gasteiger partial charge is 0.240 e. The number of benzene rings is 1. The summed E-state index contributed by atoms with van der Waals surface area (Å²) in [5, 5.41) is 0. The minimum absolute atomic E-state index is 0.00915. The van der Waals surface area contributed by atoms with Gasteiger partial charge >= 0.3 is 0 Å². The standard InChI is InChI=1S/C17H19FN4O3S/c18-13-7-19-17(20-8-13)22-9-15-12(11-25-16(15)10-22)6-21-26(23,24)14-4-2-1-3-5-14/h1-5,7-8,12,15-16,21H,6,9-11H2/t12-,15+,16+/m1/s1. The summed E-state index contributed by atoms with van der Waals surface area (Å²) >= 11 is 0. The molecule has 2 fully saturated rings. The number of nitrogens with one attached hydrogen (secondary N) is 1. The van der Waals surface area contributed by atoms with Crippen molar-refractivity contribution in [2.75, 3.05) is 31.1 Å². The van der Waals surface area contributed by atoms with Crippen LogP contribution in [0.15, 0.2) is 47.6 Å². The predicted molar refractivity (Wildman–Crippen MR) is 92.6 cm³/mol. The monoisotopic (exact) mass is 378 g/mol. The topological polar surface area (TPSA) is 84.4 Å². The van der Waals surface area contributed by atoms with Gasteiger partial charge in [0.25, 0.3) is 0 Å². The van der Waals surface area contributed by atoms with Gasteiger partial charge in [0.2, 0.25) is 16.0 Å². The van der Waals surface area contributed by atoms with Crippen LogP contribution in [-0.4, -0.2) is 50.7 Å². The lowest BCUT2D eigenvalue weighted by atomic mass is 9.93. The summed E-state index contributed by atoms with van der Waals surface area (Å²) in [5.41, 5.74) is 0. The van der Waals surface area contributed by atoms with E-state index >= 15 is 0 Å². The number of fused-ring (bicyclic) bond motifs is 1. The normalized spacial score (nSPS) is 25.4. The van der Waals surface area contributed by atoms with E-state index in [0.717, 1.165) is 12.4 Å². The minimum Gasteiger partial charge on any atom is -0.376 e. The Bertz CT molecular complexity index is 863. The van der Waals surface area contributed by atoms with Crippen molar-refractivity contribution >= 4 is 16.0 Å². The highest BCUT2D eigenvalue weighted by Crippen LogP contribution is 2.34. The first-order valence-corrected chi connectivity index (χ1v) is 9.90. The molecule has 26 heavy (non-hydrogen) atoms. The van der Waals surface area contributed by atoms with Crippen LogP contribution in [0.2, 0.25) is 0 Å². The predicted octanol–water partition coefficient (Wildman–Crippen LogP) is 1.05. The van der Waals surface area contributed by atoms with Crippen LogP contribution < -0.4 is 9.62 Å². The first-order valence-electron chi connectivity index (χ1n) is 8.42. The maximum absolute atomic E-state index is 13.0. The van der Waals surface area contributed by atoms with Crippen LogP contribution in [0.3, 0.4) is 0 Å². The Hall–Kier alpha value is -2.10. The molecule has 4 rings (SSSR count). The Morgan fingerprint density at radius 3 is 2.65 bits per heavy atom. The largest absolute Gasteiger partial charge is 0.376 e. The van der Waals surface area contributed by atoms with Crippen LogP contribution in [0, 0.1) is 17.7 Å². The van der Waals surface area contributed by atoms with Gasteiger partial charge in [-0.15, -0.1) is 0 Å². The van der Waals surface area contributed by atoms with Crippen molar-refractivity contribution in [3.63, 3.8) is 0 Å². The second-order valence-electron chi connectivity index (χ2n) is 6.57. The molecule has 2 aromatic rings. The van der Waals surface area contributed by atoms with Crippen LogP contribution in [0.1, 0.15) is 0 Å². The number of sulfonamides is 1. The van der Waals surface area contributed by atoms with Crippen LogP contribution in [0.5, 0.6) is 0 Å². The molecule has 2 aliphatic rings. The zero-order valence-electron chi connectivity index (χ0n) is 14.0. The van der Waals surface area contributed by atoms with E-state index in [2.05, 4.69) is 14.7 Å². The summed E-state index contributed by atoms with van der Waals surface area (Å²) in [4.78, 5) is 10.2. The minimum atomic E-state index is -3.53. The summed E-state index contributed by atoms with van der Waals surface area (Å²) < 4.78 is 46.3. The number of aromatic nitrogens is 2. The van der Waals surface area contributed by atoms with Gasteiger partial charge in [0, 0.05) is 31.5 Å². The molecule has 0 unspecified atom stereocenters. The van der Waals surface area contributed by atoms with E-state index in [0.29, 0.717) is 32.2 Å². The molecule has 3 atom stereocenters. The van der Waals surface area contributed by atoms with E-state index < -0.39 is 15.8 Å². The first kappa shape index (κ1) is 17.3. The highest BCUT2D eigenvalue weighted by Gasteiger charge is 2.44. The average Bonchev–Trinajstić information content (AvgIpc) is 3.22. The van der Waals surface area contributed by atoms with Crippen LogP contribution >= 0.6 is 0 Å². The summed E-state index contributed by atoms with van der Waals surface area (Å²) in [5.74, 6) is 0.247. The molecule has 3 heterocycles. The summed E-state index contributed by atoms with van der Waals surface area (Å²) in [7, 11) is -3.53. The fourth-order valence-electron chi connectivity index (χ4n) is 3.54. The lowest BCUT2D eigenvalue weighted by Gasteiger charge is -2.20. The number of hydrogen-bond acceptors (Lipinski definition) is 6. The molecule has 1 N–H and O–H groups in total. The van der Waals surface area contributed by atoms with Crippen molar-refractivity contribution in [1.82, 2.24) is 14.7 Å². The third-order valence-corrected chi connectivity index (χ3v) is 6.36. The van der Waals surface area contributed by atoms with Crippen molar-refractivity contribution in [3.8, 4) is 0 Å². The number of rotatable bonds is 5. The zero-order chi connectivity index (χ0) is 18.1. The van der Waals surface area contributed by atoms with Crippen LogP contribution in [0.25, 0.3) is 0 Å². The molecule has 9 heteroatoms. The van der Waals surface area contributed by atoms with Gasteiger partial charge in [-0.25, -0.2) is 27.5 Å². The number of halogens is 1. The molecule has 2 aliphatic heterocycles. The van der Waals surface area contributed by atoms with Crippen molar-refractivity contribution in [2.45, 2.75) is 11.0 Å². The van der Waals surface area contributed by atoms with Gasteiger partial charge in [-0.2, -0.15) is 0 Å². The fourth-order valence-corrected chi connectivity index (χ4v) is 4.66. The molecule has 0 aliphatic carbocycles. The van der Waals surface area contributed by atoms with E-state index in [1.807, 2.05) is 4.90 Å².